The van der Waals surface area contributed by atoms with Gasteiger partial charge in [-0.3, -0.25) is 0 Å². The molecule has 2 rings (SSSR count). The third-order valence-corrected chi connectivity index (χ3v) is 3.65. The van der Waals surface area contributed by atoms with Crippen molar-refractivity contribution >= 4 is 0 Å². The molecule has 0 aromatic heterocycles. The van der Waals surface area contributed by atoms with Crippen molar-refractivity contribution in [2.75, 3.05) is 13.1 Å². The Morgan fingerprint density at radius 1 is 1.44 bits per heavy atom. The quantitative estimate of drug-likeness (QED) is 0.810. The minimum absolute atomic E-state index is 0.0931. The van der Waals surface area contributed by atoms with Crippen LogP contribution in [-0.2, 0) is 6.42 Å². The second-order valence-electron chi connectivity index (χ2n) is 5.23. The Kier molecular flexibility index (Phi) is 5.14. The molecule has 1 aromatic rings. The van der Waals surface area contributed by atoms with Crippen LogP contribution in [0, 0.1) is 5.82 Å². The summed E-state index contributed by atoms with van der Waals surface area (Å²) < 4.78 is 13.4. The zero-order chi connectivity index (χ0) is 12.8. The van der Waals surface area contributed by atoms with E-state index in [1.807, 2.05) is 12.1 Å². The van der Waals surface area contributed by atoms with E-state index in [1.54, 1.807) is 6.07 Å². The van der Waals surface area contributed by atoms with Gasteiger partial charge in [0.25, 0.3) is 0 Å². The lowest BCUT2D eigenvalue weighted by molar-refractivity contribution is 0.441. The molecule has 1 heterocycles. The van der Waals surface area contributed by atoms with Crippen molar-refractivity contribution in [1.29, 1.82) is 0 Å². The molecule has 0 aliphatic carbocycles. The van der Waals surface area contributed by atoms with Crippen molar-refractivity contribution in [3.8, 4) is 0 Å². The summed E-state index contributed by atoms with van der Waals surface area (Å²) in [5, 5.41) is 6.98. The Hall–Kier alpha value is -0.930. The Morgan fingerprint density at radius 2 is 2.28 bits per heavy atom. The molecule has 1 saturated heterocycles. The van der Waals surface area contributed by atoms with Gasteiger partial charge in [-0.1, -0.05) is 18.2 Å². The number of nitrogens with one attached hydrogen (secondary N) is 2. The van der Waals surface area contributed by atoms with Gasteiger partial charge in [-0.25, -0.2) is 4.39 Å². The standard InChI is InChI=1S/C15H23FN2/c1-12(11-14-6-4-9-18-14)17-10-8-13-5-2-3-7-15(13)16/h2-3,5,7,12,14,17-18H,4,6,8-11H2,1H3. The highest BCUT2D eigenvalue weighted by molar-refractivity contribution is 5.17. The highest BCUT2D eigenvalue weighted by atomic mass is 19.1. The van der Waals surface area contributed by atoms with Gasteiger partial charge in [0.1, 0.15) is 5.82 Å². The maximum absolute atomic E-state index is 13.4. The van der Waals surface area contributed by atoms with Crippen LogP contribution < -0.4 is 10.6 Å². The molecular weight excluding hydrogens is 227 g/mol. The molecule has 2 unspecified atom stereocenters. The molecule has 1 aliphatic rings. The number of halogens is 1. The number of rotatable bonds is 6. The zero-order valence-corrected chi connectivity index (χ0v) is 11.1. The van der Waals surface area contributed by atoms with Crippen LogP contribution in [0.25, 0.3) is 0 Å². The van der Waals surface area contributed by atoms with Crippen LogP contribution in [0.1, 0.15) is 31.7 Å². The lowest BCUT2D eigenvalue weighted by Gasteiger charge is -2.18. The van der Waals surface area contributed by atoms with Gasteiger partial charge in [-0.05, 0) is 57.3 Å². The predicted octanol–water partition coefficient (Wildman–Crippen LogP) is 2.49. The monoisotopic (exact) mass is 250 g/mol. The topological polar surface area (TPSA) is 24.1 Å². The molecule has 0 bridgehead atoms. The average molecular weight is 250 g/mol. The maximum Gasteiger partial charge on any atom is 0.126 e. The van der Waals surface area contributed by atoms with E-state index in [-0.39, 0.29) is 5.82 Å². The van der Waals surface area contributed by atoms with Crippen LogP contribution in [0.5, 0.6) is 0 Å². The van der Waals surface area contributed by atoms with Gasteiger partial charge in [0, 0.05) is 12.1 Å². The van der Waals surface area contributed by atoms with Crippen LogP contribution in [0.3, 0.4) is 0 Å². The second kappa shape index (κ2) is 6.86. The molecule has 2 atom stereocenters. The summed E-state index contributed by atoms with van der Waals surface area (Å²) in [4.78, 5) is 0. The molecule has 2 nitrogen and oxygen atoms in total. The molecule has 0 saturated carbocycles. The molecule has 100 valence electrons. The lowest BCUT2D eigenvalue weighted by atomic mass is 10.1. The zero-order valence-electron chi connectivity index (χ0n) is 11.1. The van der Waals surface area contributed by atoms with Crippen LogP contribution in [0.15, 0.2) is 24.3 Å². The molecule has 0 spiro atoms. The summed E-state index contributed by atoms with van der Waals surface area (Å²) >= 11 is 0. The summed E-state index contributed by atoms with van der Waals surface area (Å²) in [6.45, 7) is 4.21. The largest absolute Gasteiger partial charge is 0.314 e. The van der Waals surface area contributed by atoms with Gasteiger partial charge < -0.3 is 10.6 Å². The second-order valence-corrected chi connectivity index (χ2v) is 5.23. The molecular formula is C15H23FN2. The van der Waals surface area contributed by atoms with Crippen LogP contribution >= 0.6 is 0 Å². The highest BCUT2D eigenvalue weighted by Gasteiger charge is 2.16. The molecule has 1 aromatic carbocycles. The maximum atomic E-state index is 13.4. The van der Waals surface area contributed by atoms with Gasteiger partial charge >= 0.3 is 0 Å². The highest BCUT2D eigenvalue weighted by Crippen LogP contribution is 2.11. The summed E-state index contributed by atoms with van der Waals surface area (Å²) in [5.74, 6) is -0.0931. The van der Waals surface area contributed by atoms with E-state index < -0.39 is 0 Å². The molecule has 3 heteroatoms. The van der Waals surface area contributed by atoms with Crippen molar-refractivity contribution < 1.29 is 4.39 Å². The molecule has 1 aliphatic heterocycles. The van der Waals surface area contributed by atoms with Crippen LogP contribution in [0.2, 0.25) is 0 Å². The lowest BCUT2D eigenvalue weighted by Crippen LogP contribution is -2.34. The first-order valence-corrected chi connectivity index (χ1v) is 6.96. The summed E-state index contributed by atoms with van der Waals surface area (Å²) in [6, 6.07) is 8.18. The van der Waals surface area contributed by atoms with E-state index in [9.17, 15) is 4.39 Å². The van der Waals surface area contributed by atoms with Crippen molar-refractivity contribution in [2.24, 2.45) is 0 Å². The van der Waals surface area contributed by atoms with Gasteiger partial charge in [-0.2, -0.15) is 0 Å². The summed E-state index contributed by atoms with van der Waals surface area (Å²) in [5.41, 5.74) is 0.802. The van der Waals surface area contributed by atoms with Gasteiger partial charge in [0.05, 0.1) is 0 Å². The molecule has 0 radical (unpaired) electrons. The van der Waals surface area contributed by atoms with Crippen LogP contribution in [0.4, 0.5) is 4.39 Å². The van der Waals surface area contributed by atoms with Crippen molar-refractivity contribution in [1.82, 2.24) is 10.6 Å². The van der Waals surface area contributed by atoms with Gasteiger partial charge in [0.2, 0.25) is 0 Å². The minimum Gasteiger partial charge on any atom is -0.314 e. The van der Waals surface area contributed by atoms with E-state index in [2.05, 4.69) is 17.6 Å². The number of hydrogen-bond donors (Lipinski definition) is 2. The average Bonchev–Trinajstić information content (AvgIpc) is 2.84. The fraction of sp³-hybridized carbons (Fsp3) is 0.600. The molecule has 18 heavy (non-hydrogen) atoms. The van der Waals surface area contributed by atoms with Gasteiger partial charge in [-0.15, -0.1) is 0 Å². The molecule has 2 N–H and O–H groups in total. The van der Waals surface area contributed by atoms with Crippen molar-refractivity contribution in [3.05, 3.63) is 35.6 Å². The first-order valence-electron chi connectivity index (χ1n) is 6.96. The molecule has 0 amide bonds. The van der Waals surface area contributed by atoms with Crippen molar-refractivity contribution in [2.45, 2.75) is 44.7 Å². The normalized spacial score (nSPS) is 21.1. The van der Waals surface area contributed by atoms with Crippen LogP contribution in [-0.4, -0.2) is 25.2 Å². The Bertz CT molecular complexity index is 361. The predicted molar refractivity (Wildman–Crippen MR) is 73.2 cm³/mol. The van der Waals surface area contributed by atoms with E-state index in [0.717, 1.165) is 31.5 Å². The minimum atomic E-state index is -0.0931. The third-order valence-electron chi connectivity index (χ3n) is 3.65. The third kappa shape index (κ3) is 4.07. The van der Waals surface area contributed by atoms with Gasteiger partial charge in [0.15, 0.2) is 0 Å². The smallest absolute Gasteiger partial charge is 0.126 e. The fourth-order valence-corrected chi connectivity index (χ4v) is 2.62. The fourth-order valence-electron chi connectivity index (χ4n) is 2.62. The van der Waals surface area contributed by atoms with E-state index >= 15 is 0 Å². The summed E-state index contributed by atoms with van der Waals surface area (Å²) in [6.07, 6.45) is 4.51. The SMILES string of the molecule is CC(CC1CCCN1)NCCc1ccccc1F. The Morgan fingerprint density at radius 3 is 3.00 bits per heavy atom. The van der Waals surface area contributed by atoms with Crippen molar-refractivity contribution in [3.63, 3.8) is 0 Å². The Labute approximate surface area is 109 Å². The van der Waals surface area contributed by atoms with E-state index in [1.165, 1.54) is 18.9 Å². The van der Waals surface area contributed by atoms with E-state index in [4.69, 9.17) is 0 Å². The summed E-state index contributed by atoms with van der Waals surface area (Å²) in [7, 11) is 0. The first kappa shape index (κ1) is 13.5. The first-order chi connectivity index (χ1) is 8.75. The number of hydrogen-bond acceptors (Lipinski definition) is 2. The van der Waals surface area contributed by atoms with E-state index in [0.29, 0.717) is 12.1 Å². The molecule has 1 fully saturated rings. The Balaban J connectivity index is 1.67. The number of benzene rings is 1.